The van der Waals surface area contributed by atoms with E-state index < -0.39 is 0 Å². The molecule has 1 aliphatic carbocycles. The van der Waals surface area contributed by atoms with Gasteiger partial charge >= 0.3 is 0 Å². The minimum absolute atomic E-state index is 0.204. The molecule has 0 saturated carbocycles. The summed E-state index contributed by atoms with van der Waals surface area (Å²) in [6.45, 7) is 5.16. The summed E-state index contributed by atoms with van der Waals surface area (Å²) < 4.78 is 0. The molecule has 1 aliphatic rings. The van der Waals surface area contributed by atoms with Gasteiger partial charge in [0.05, 0.1) is 0 Å². The maximum atomic E-state index is 6.03. The highest BCUT2D eigenvalue weighted by Gasteiger charge is 2.12. The third kappa shape index (κ3) is 3.75. The molecule has 2 nitrogen and oxygen atoms in total. The molecule has 0 radical (unpaired) electrons. The molecule has 0 saturated heterocycles. The van der Waals surface area contributed by atoms with E-state index in [0.717, 1.165) is 13.0 Å². The van der Waals surface area contributed by atoms with Crippen molar-refractivity contribution in [1.82, 2.24) is 5.32 Å². The number of nitrogens with two attached hydrogens (primary N) is 1. The zero-order valence-electron chi connectivity index (χ0n) is 8.53. The van der Waals surface area contributed by atoms with E-state index in [2.05, 4.69) is 43.5 Å². The smallest absolute Gasteiger partial charge is 0.0264 e. The molecule has 0 heterocycles. The highest BCUT2D eigenvalue weighted by Crippen LogP contribution is 2.11. The van der Waals surface area contributed by atoms with Crippen molar-refractivity contribution in [3.63, 3.8) is 0 Å². The van der Waals surface area contributed by atoms with E-state index in [-0.39, 0.29) is 6.04 Å². The topological polar surface area (TPSA) is 38.0 Å². The lowest BCUT2D eigenvalue weighted by atomic mass is 9.95. The van der Waals surface area contributed by atoms with Crippen LogP contribution in [0.5, 0.6) is 0 Å². The van der Waals surface area contributed by atoms with Crippen LogP contribution in [0.15, 0.2) is 24.3 Å². The van der Waals surface area contributed by atoms with Crippen LogP contribution in [0.2, 0.25) is 0 Å². The van der Waals surface area contributed by atoms with Gasteiger partial charge in [-0.2, -0.15) is 0 Å². The van der Waals surface area contributed by atoms with Crippen LogP contribution in [0.25, 0.3) is 0 Å². The number of allylic oxidation sites excluding steroid dienone is 2. The van der Waals surface area contributed by atoms with Gasteiger partial charge in [-0.1, -0.05) is 38.2 Å². The molecular weight excluding hydrogens is 160 g/mol. The predicted molar refractivity (Wildman–Crippen MR) is 57.5 cm³/mol. The average molecular weight is 180 g/mol. The predicted octanol–water partition coefficient (Wildman–Crippen LogP) is 1.44. The van der Waals surface area contributed by atoms with Crippen molar-refractivity contribution in [2.24, 2.45) is 11.7 Å². The Hall–Kier alpha value is -0.600. The zero-order valence-corrected chi connectivity index (χ0v) is 8.53. The Balaban J connectivity index is 2.29. The molecule has 0 aromatic rings. The number of nitrogens with one attached hydrogen (secondary N) is 1. The van der Waals surface area contributed by atoms with Crippen LogP contribution in [0.4, 0.5) is 0 Å². The maximum absolute atomic E-state index is 6.03. The molecule has 3 N–H and O–H groups in total. The third-order valence-electron chi connectivity index (χ3n) is 2.24. The fraction of sp³-hybridized carbons (Fsp3) is 0.636. The van der Waals surface area contributed by atoms with Crippen LogP contribution in [0, 0.1) is 5.92 Å². The second-order valence-electron chi connectivity index (χ2n) is 3.90. The van der Waals surface area contributed by atoms with Gasteiger partial charge in [0.15, 0.2) is 0 Å². The number of hydrogen-bond acceptors (Lipinski definition) is 2. The van der Waals surface area contributed by atoms with Crippen LogP contribution in [-0.2, 0) is 0 Å². The molecule has 74 valence electrons. The van der Waals surface area contributed by atoms with Crippen molar-refractivity contribution in [3.05, 3.63) is 24.3 Å². The van der Waals surface area contributed by atoms with Crippen molar-refractivity contribution in [1.29, 1.82) is 0 Å². The van der Waals surface area contributed by atoms with Crippen molar-refractivity contribution in [3.8, 4) is 0 Å². The van der Waals surface area contributed by atoms with Gasteiger partial charge in [0, 0.05) is 24.5 Å². The molecule has 2 heteroatoms. The Morgan fingerprint density at radius 1 is 1.38 bits per heavy atom. The van der Waals surface area contributed by atoms with Crippen molar-refractivity contribution >= 4 is 0 Å². The zero-order chi connectivity index (χ0) is 9.68. The van der Waals surface area contributed by atoms with Gasteiger partial charge in [0.2, 0.25) is 0 Å². The largest absolute Gasteiger partial charge is 0.326 e. The number of rotatable bonds is 4. The molecule has 0 spiro atoms. The highest BCUT2D eigenvalue weighted by molar-refractivity contribution is 5.12. The van der Waals surface area contributed by atoms with Crippen molar-refractivity contribution in [2.75, 3.05) is 6.54 Å². The minimum Gasteiger partial charge on any atom is -0.326 e. The van der Waals surface area contributed by atoms with E-state index in [0.29, 0.717) is 12.0 Å². The molecule has 0 aromatic carbocycles. The van der Waals surface area contributed by atoms with Gasteiger partial charge in [-0.25, -0.2) is 0 Å². The maximum Gasteiger partial charge on any atom is 0.0264 e. The van der Waals surface area contributed by atoms with Crippen LogP contribution in [0.3, 0.4) is 0 Å². The standard InChI is InChI=1S/C11H20N2/c1-9(2)13-8-11(12)10-6-4-3-5-7-10/h4-7,9-11,13H,3,8,12H2,1-2H3. The summed E-state index contributed by atoms with van der Waals surface area (Å²) in [6, 6.07) is 0.720. The van der Waals surface area contributed by atoms with Crippen LogP contribution in [0.1, 0.15) is 20.3 Å². The lowest BCUT2D eigenvalue weighted by molar-refractivity contribution is 0.485. The fourth-order valence-electron chi connectivity index (χ4n) is 1.41. The average Bonchev–Trinajstić information content (AvgIpc) is 2.15. The molecule has 0 aromatic heterocycles. The van der Waals surface area contributed by atoms with Gasteiger partial charge in [-0.05, 0) is 6.42 Å². The number of hydrogen-bond donors (Lipinski definition) is 2. The Bertz CT molecular complexity index is 182. The normalized spacial score (nSPS) is 19.7. The first kappa shape index (κ1) is 10.5. The van der Waals surface area contributed by atoms with E-state index in [1.54, 1.807) is 0 Å². The first-order valence-corrected chi connectivity index (χ1v) is 5.02. The summed E-state index contributed by atoms with van der Waals surface area (Å²) in [6.07, 6.45) is 9.82. The lowest BCUT2D eigenvalue weighted by Crippen LogP contribution is -2.41. The molecule has 0 aliphatic heterocycles. The van der Waals surface area contributed by atoms with Crippen molar-refractivity contribution < 1.29 is 0 Å². The van der Waals surface area contributed by atoms with Gasteiger partial charge in [0.1, 0.15) is 0 Å². The molecule has 13 heavy (non-hydrogen) atoms. The van der Waals surface area contributed by atoms with Crippen LogP contribution in [-0.4, -0.2) is 18.6 Å². The summed E-state index contributed by atoms with van der Waals surface area (Å²) in [5, 5.41) is 3.35. The quantitative estimate of drug-likeness (QED) is 0.643. The first-order valence-electron chi connectivity index (χ1n) is 5.02. The Kier molecular flexibility index (Phi) is 4.19. The van der Waals surface area contributed by atoms with E-state index in [1.807, 2.05) is 0 Å². The van der Waals surface area contributed by atoms with Gasteiger partial charge in [-0.3, -0.25) is 0 Å². The molecule has 0 amide bonds. The molecule has 1 rings (SSSR count). The van der Waals surface area contributed by atoms with E-state index >= 15 is 0 Å². The molecular formula is C11H20N2. The van der Waals surface area contributed by atoms with Gasteiger partial charge in [-0.15, -0.1) is 0 Å². The van der Waals surface area contributed by atoms with Crippen LogP contribution < -0.4 is 11.1 Å². The van der Waals surface area contributed by atoms with Gasteiger partial charge < -0.3 is 11.1 Å². The Morgan fingerprint density at radius 2 is 2.00 bits per heavy atom. The Labute approximate surface area is 80.9 Å². The first-order chi connectivity index (χ1) is 6.20. The third-order valence-corrected chi connectivity index (χ3v) is 2.24. The summed E-state index contributed by atoms with van der Waals surface area (Å²) in [5.74, 6) is 0.417. The Morgan fingerprint density at radius 3 is 2.54 bits per heavy atom. The molecule has 1 atom stereocenters. The summed E-state index contributed by atoms with van der Waals surface area (Å²) in [5.41, 5.74) is 6.03. The summed E-state index contributed by atoms with van der Waals surface area (Å²) in [4.78, 5) is 0. The lowest BCUT2D eigenvalue weighted by Gasteiger charge is -2.21. The molecule has 0 fully saturated rings. The van der Waals surface area contributed by atoms with E-state index in [1.165, 1.54) is 0 Å². The second-order valence-corrected chi connectivity index (χ2v) is 3.90. The van der Waals surface area contributed by atoms with Crippen molar-refractivity contribution in [2.45, 2.75) is 32.4 Å². The van der Waals surface area contributed by atoms with E-state index in [9.17, 15) is 0 Å². The van der Waals surface area contributed by atoms with E-state index in [4.69, 9.17) is 5.73 Å². The highest BCUT2D eigenvalue weighted by atomic mass is 14.9. The minimum atomic E-state index is 0.204. The SMILES string of the molecule is CC(C)NCC(N)C1C=CCC=C1. The molecule has 1 unspecified atom stereocenters. The van der Waals surface area contributed by atoms with Gasteiger partial charge in [0.25, 0.3) is 0 Å². The second kappa shape index (κ2) is 5.20. The monoisotopic (exact) mass is 180 g/mol. The molecule has 0 bridgehead atoms. The fourth-order valence-corrected chi connectivity index (χ4v) is 1.41. The van der Waals surface area contributed by atoms with Crippen LogP contribution >= 0.6 is 0 Å². The summed E-state index contributed by atoms with van der Waals surface area (Å²) >= 11 is 0. The summed E-state index contributed by atoms with van der Waals surface area (Å²) in [7, 11) is 0.